The molecule has 1 aliphatic rings. The molecule has 29 heavy (non-hydrogen) atoms. The van der Waals surface area contributed by atoms with Gasteiger partial charge in [0.1, 0.15) is 5.75 Å². The predicted molar refractivity (Wildman–Crippen MR) is 120 cm³/mol. The second-order valence-electron chi connectivity index (χ2n) is 8.61. The fourth-order valence-electron chi connectivity index (χ4n) is 4.10. The highest BCUT2D eigenvalue weighted by Gasteiger charge is 2.17. The molecule has 2 aromatic rings. The molecule has 1 amide bonds. The molecule has 1 atom stereocenters. The molecular formula is C25H34N2O2. The number of methoxy groups -OCH3 is 1. The first-order valence-corrected chi connectivity index (χ1v) is 10.7. The van der Waals surface area contributed by atoms with E-state index < -0.39 is 0 Å². The number of nitrogens with one attached hydrogen (secondary N) is 1. The molecule has 4 nitrogen and oxygen atoms in total. The third-order valence-electron chi connectivity index (χ3n) is 5.85. The molecule has 0 aliphatic carbocycles. The van der Waals surface area contributed by atoms with E-state index in [0.717, 1.165) is 41.4 Å². The first kappa shape index (κ1) is 21.2. The van der Waals surface area contributed by atoms with Crippen LogP contribution in [0.25, 0.3) is 0 Å². The van der Waals surface area contributed by atoms with E-state index in [4.69, 9.17) is 4.74 Å². The number of piperidine rings is 1. The summed E-state index contributed by atoms with van der Waals surface area (Å²) in [4.78, 5) is 15.3. The lowest BCUT2D eigenvalue weighted by atomic mass is 9.96. The monoisotopic (exact) mass is 394 g/mol. The number of hydrogen-bond donors (Lipinski definition) is 1. The number of hydrogen-bond acceptors (Lipinski definition) is 3. The van der Waals surface area contributed by atoms with Gasteiger partial charge in [-0.1, -0.05) is 32.9 Å². The highest BCUT2D eigenvalue weighted by Crippen LogP contribution is 2.29. The molecule has 156 valence electrons. The van der Waals surface area contributed by atoms with Gasteiger partial charge in [0.15, 0.2) is 0 Å². The molecule has 1 saturated heterocycles. The number of rotatable bonds is 6. The van der Waals surface area contributed by atoms with Crippen LogP contribution >= 0.6 is 0 Å². The van der Waals surface area contributed by atoms with Crippen LogP contribution in [-0.2, 0) is 6.54 Å². The molecule has 1 aliphatic heterocycles. The smallest absolute Gasteiger partial charge is 0.251 e. The number of aryl methyl sites for hydroxylation is 1. The van der Waals surface area contributed by atoms with E-state index in [2.05, 4.69) is 55.3 Å². The van der Waals surface area contributed by atoms with Crippen molar-refractivity contribution in [3.8, 4) is 5.75 Å². The van der Waals surface area contributed by atoms with Crippen molar-refractivity contribution >= 4 is 11.6 Å². The van der Waals surface area contributed by atoms with Gasteiger partial charge in [-0.05, 0) is 72.6 Å². The van der Waals surface area contributed by atoms with Crippen LogP contribution in [0.15, 0.2) is 36.4 Å². The SMILES string of the molecule is COc1cc(C)c(C(=O)NCc2ccc(N3CCC[C@@H](C)C3)cc2)cc1C(C)C. The molecule has 1 heterocycles. The lowest BCUT2D eigenvalue weighted by Gasteiger charge is -2.32. The first-order valence-electron chi connectivity index (χ1n) is 10.7. The second kappa shape index (κ2) is 9.34. The summed E-state index contributed by atoms with van der Waals surface area (Å²) in [6, 6.07) is 12.5. The number of ether oxygens (including phenoxy) is 1. The molecule has 0 spiro atoms. The topological polar surface area (TPSA) is 41.6 Å². The summed E-state index contributed by atoms with van der Waals surface area (Å²) in [5.74, 6) is 1.85. The third kappa shape index (κ3) is 5.11. The van der Waals surface area contributed by atoms with Crippen molar-refractivity contribution in [2.45, 2.75) is 53.0 Å². The minimum absolute atomic E-state index is 0.0408. The molecular weight excluding hydrogens is 360 g/mol. The summed E-state index contributed by atoms with van der Waals surface area (Å²) in [6.45, 7) is 11.3. The lowest BCUT2D eigenvalue weighted by Crippen LogP contribution is -2.34. The van der Waals surface area contributed by atoms with E-state index in [0.29, 0.717) is 18.0 Å². The van der Waals surface area contributed by atoms with Gasteiger partial charge in [0.25, 0.3) is 5.91 Å². The van der Waals surface area contributed by atoms with Gasteiger partial charge < -0.3 is 15.0 Å². The Bertz CT molecular complexity index is 843. The molecule has 0 aromatic heterocycles. The number of carbonyl (C=O) groups is 1. The summed E-state index contributed by atoms with van der Waals surface area (Å²) >= 11 is 0. The molecule has 2 aromatic carbocycles. The zero-order valence-electron chi connectivity index (χ0n) is 18.4. The highest BCUT2D eigenvalue weighted by molar-refractivity contribution is 5.96. The van der Waals surface area contributed by atoms with E-state index in [1.54, 1.807) is 7.11 Å². The Morgan fingerprint density at radius 1 is 1.24 bits per heavy atom. The molecule has 0 bridgehead atoms. The minimum Gasteiger partial charge on any atom is -0.496 e. The Morgan fingerprint density at radius 2 is 1.97 bits per heavy atom. The second-order valence-corrected chi connectivity index (χ2v) is 8.61. The molecule has 0 unspecified atom stereocenters. The number of anilines is 1. The summed E-state index contributed by atoms with van der Waals surface area (Å²) in [7, 11) is 1.68. The van der Waals surface area contributed by atoms with Gasteiger partial charge in [-0.2, -0.15) is 0 Å². The number of benzene rings is 2. The summed E-state index contributed by atoms with van der Waals surface area (Å²) in [6.07, 6.45) is 2.59. The standard InChI is InChI=1S/C25H34N2O2/c1-17(2)22-14-23(19(4)13-24(22)29-5)25(28)26-15-20-8-10-21(11-9-20)27-12-6-7-18(3)16-27/h8-11,13-14,17-18H,6-7,12,15-16H2,1-5H3,(H,26,28)/t18-/m1/s1. The van der Waals surface area contributed by atoms with Crippen LogP contribution in [0.2, 0.25) is 0 Å². The van der Waals surface area contributed by atoms with E-state index >= 15 is 0 Å². The maximum absolute atomic E-state index is 12.8. The van der Waals surface area contributed by atoms with Crippen molar-refractivity contribution in [3.05, 3.63) is 58.7 Å². The average molecular weight is 395 g/mol. The van der Waals surface area contributed by atoms with Crippen LogP contribution in [0.4, 0.5) is 5.69 Å². The van der Waals surface area contributed by atoms with Crippen LogP contribution in [0.3, 0.4) is 0 Å². The number of amides is 1. The fourth-order valence-corrected chi connectivity index (χ4v) is 4.10. The first-order chi connectivity index (χ1) is 13.9. The minimum atomic E-state index is -0.0408. The molecule has 0 saturated carbocycles. The summed E-state index contributed by atoms with van der Waals surface area (Å²) in [5, 5.41) is 3.07. The van der Waals surface area contributed by atoms with Crippen molar-refractivity contribution < 1.29 is 9.53 Å². The molecule has 1 fully saturated rings. The van der Waals surface area contributed by atoms with Gasteiger partial charge in [-0.25, -0.2) is 0 Å². The van der Waals surface area contributed by atoms with Gasteiger partial charge in [0.05, 0.1) is 7.11 Å². The largest absolute Gasteiger partial charge is 0.496 e. The zero-order chi connectivity index (χ0) is 21.0. The Morgan fingerprint density at radius 3 is 2.59 bits per heavy atom. The van der Waals surface area contributed by atoms with Crippen molar-refractivity contribution in [1.29, 1.82) is 0 Å². The van der Waals surface area contributed by atoms with Gasteiger partial charge in [-0.15, -0.1) is 0 Å². The maximum Gasteiger partial charge on any atom is 0.251 e. The van der Waals surface area contributed by atoms with Crippen molar-refractivity contribution in [1.82, 2.24) is 5.32 Å². The summed E-state index contributed by atoms with van der Waals surface area (Å²) in [5.41, 5.74) is 5.09. The molecule has 0 radical (unpaired) electrons. The van der Waals surface area contributed by atoms with Crippen LogP contribution in [0, 0.1) is 12.8 Å². The van der Waals surface area contributed by atoms with Crippen molar-refractivity contribution in [2.75, 3.05) is 25.1 Å². The quantitative estimate of drug-likeness (QED) is 0.723. The maximum atomic E-state index is 12.8. The Hall–Kier alpha value is -2.49. The van der Waals surface area contributed by atoms with E-state index in [-0.39, 0.29) is 5.91 Å². The van der Waals surface area contributed by atoms with Crippen LogP contribution in [-0.4, -0.2) is 26.1 Å². The van der Waals surface area contributed by atoms with E-state index in [9.17, 15) is 4.79 Å². The summed E-state index contributed by atoms with van der Waals surface area (Å²) < 4.78 is 5.48. The number of carbonyl (C=O) groups excluding carboxylic acids is 1. The molecule has 1 N–H and O–H groups in total. The molecule has 4 heteroatoms. The zero-order valence-corrected chi connectivity index (χ0v) is 18.4. The lowest BCUT2D eigenvalue weighted by molar-refractivity contribution is 0.0950. The van der Waals surface area contributed by atoms with Gasteiger partial charge >= 0.3 is 0 Å². The van der Waals surface area contributed by atoms with E-state index in [1.165, 1.54) is 18.5 Å². The van der Waals surface area contributed by atoms with Gasteiger partial charge in [0, 0.05) is 30.9 Å². The molecule has 3 rings (SSSR count). The highest BCUT2D eigenvalue weighted by atomic mass is 16.5. The normalized spacial score (nSPS) is 16.8. The Balaban J connectivity index is 1.65. The van der Waals surface area contributed by atoms with Crippen molar-refractivity contribution in [3.63, 3.8) is 0 Å². The van der Waals surface area contributed by atoms with Crippen molar-refractivity contribution in [2.24, 2.45) is 5.92 Å². The van der Waals surface area contributed by atoms with E-state index in [1.807, 2.05) is 19.1 Å². The Kier molecular flexibility index (Phi) is 6.83. The van der Waals surface area contributed by atoms with Gasteiger partial charge in [0.2, 0.25) is 0 Å². The third-order valence-corrected chi connectivity index (χ3v) is 5.85. The van der Waals surface area contributed by atoms with Gasteiger partial charge in [-0.3, -0.25) is 4.79 Å². The Labute approximate surface area is 175 Å². The van der Waals surface area contributed by atoms with Crippen LogP contribution in [0.5, 0.6) is 5.75 Å². The predicted octanol–water partition coefficient (Wildman–Crippen LogP) is 5.29. The fraction of sp³-hybridized carbons (Fsp3) is 0.480. The average Bonchev–Trinajstić information content (AvgIpc) is 2.71. The number of nitrogens with zero attached hydrogens (tertiary/aromatic N) is 1. The van der Waals surface area contributed by atoms with Crippen LogP contribution < -0.4 is 15.0 Å². The van der Waals surface area contributed by atoms with Crippen LogP contribution in [0.1, 0.15) is 66.6 Å².